The Kier molecular flexibility index (Phi) is 5.36. The molecule has 1 heterocycles. The van der Waals surface area contributed by atoms with Gasteiger partial charge in [-0.15, -0.1) is 0 Å². The predicted octanol–water partition coefficient (Wildman–Crippen LogP) is 3.85. The van der Waals surface area contributed by atoms with Gasteiger partial charge in [-0.3, -0.25) is 14.9 Å². The third-order valence-electron chi connectivity index (χ3n) is 4.48. The number of amides is 1. The van der Waals surface area contributed by atoms with Gasteiger partial charge in [0.2, 0.25) is 0 Å². The van der Waals surface area contributed by atoms with E-state index >= 15 is 0 Å². The number of nitro groups is 1. The summed E-state index contributed by atoms with van der Waals surface area (Å²) in [6.07, 6.45) is 3.68. The number of hydrogen-bond acceptors (Lipinski definition) is 5. The molecule has 0 bridgehead atoms. The highest BCUT2D eigenvalue weighted by Gasteiger charge is 2.18. The van der Waals surface area contributed by atoms with Crippen molar-refractivity contribution < 1.29 is 14.5 Å². The van der Waals surface area contributed by atoms with Crippen LogP contribution in [0.5, 0.6) is 5.75 Å². The second-order valence-electron chi connectivity index (χ2n) is 6.19. The highest BCUT2D eigenvalue weighted by atomic mass is 16.6. The van der Waals surface area contributed by atoms with Gasteiger partial charge in [-0.2, -0.15) is 0 Å². The van der Waals surface area contributed by atoms with E-state index < -0.39 is 10.8 Å². The van der Waals surface area contributed by atoms with E-state index in [4.69, 9.17) is 4.74 Å². The Morgan fingerprint density at radius 3 is 2.42 bits per heavy atom. The van der Waals surface area contributed by atoms with Crippen molar-refractivity contribution in [2.45, 2.75) is 19.3 Å². The van der Waals surface area contributed by atoms with Gasteiger partial charge < -0.3 is 15.0 Å². The minimum absolute atomic E-state index is 0.123. The molecule has 1 amide bonds. The molecule has 0 atom stereocenters. The van der Waals surface area contributed by atoms with Crippen LogP contribution in [-0.4, -0.2) is 31.0 Å². The number of carbonyl (C=O) groups is 1. The smallest absolute Gasteiger partial charge is 0.311 e. The minimum atomic E-state index is -0.566. The number of nitro benzene ring substituents is 1. The molecule has 0 radical (unpaired) electrons. The van der Waals surface area contributed by atoms with E-state index in [9.17, 15) is 14.9 Å². The monoisotopic (exact) mass is 355 g/mol. The van der Waals surface area contributed by atoms with Gasteiger partial charge in [-0.1, -0.05) is 0 Å². The lowest BCUT2D eigenvalue weighted by atomic mass is 10.1. The van der Waals surface area contributed by atoms with Crippen LogP contribution in [0.25, 0.3) is 0 Å². The van der Waals surface area contributed by atoms with Crippen LogP contribution < -0.4 is 15.0 Å². The molecule has 0 aliphatic carbocycles. The van der Waals surface area contributed by atoms with Gasteiger partial charge in [-0.25, -0.2) is 0 Å². The molecule has 136 valence electrons. The van der Waals surface area contributed by atoms with Crippen LogP contribution in [-0.2, 0) is 0 Å². The molecule has 26 heavy (non-hydrogen) atoms. The maximum absolute atomic E-state index is 12.4. The topological polar surface area (TPSA) is 84.7 Å². The van der Waals surface area contributed by atoms with Gasteiger partial charge in [0.05, 0.1) is 12.0 Å². The summed E-state index contributed by atoms with van der Waals surface area (Å²) in [4.78, 5) is 25.2. The molecule has 0 saturated carbocycles. The lowest BCUT2D eigenvalue weighted by Crippen LogP contribution is -2.29. The third kappa shape index (κ3) is 3.93. The highest BCUT2D eigenvalue weighted by Crippen LogP contribution is 2.28. The number of nitrogens with one attached hydrogen (secondary N) is 1. The van der Waals surface area contributed by atoms with Crippen LogP contribution in [0, 0.1) is 10.1 Å². The molecular weight excluding hydrogens is 334 g/mol. The molecule has 2 aromatic rings. The Labute approximate surface area is 151 Å². The number of ether oxygens (including phenoxy) is 1. The van der Waals surface area contributed by atoms with Crippen LogP contribution >= 0.6 is 0 Å². The Morgan fingerprint density at radius 1 is 1.12 bits per heavy atom. The maximum atomic E-state index is 12.4. The fourth-order valence-electron chi connectivity index (χ4n) is 3.08. The van der Waals surface area contributed by atoms with E-state index in [2.05, 4.69) is 10.2 Å². The van der Waals surface area contributed by atoms with Crippen LogP contribution in [0.1, 0.15) is 29.6 Å². The van der Waals surface area contributed by atoms with Crippen molar-refractivity contribution in [3.63, 3.8) is 0 Å². The summed E-state index contributed by atoms with van der Waals surface area (Å²) in [5.41, 5.74) is 1.76. The van der Waals surface area contributed by atoms with Crippen molar-refractivity contribution in [3.8, 4) is 5.75 Å². The first-order valence-corrected chi connectivity index (χ1v) is 8.57. The zero-order chi connectivity index (χ0) is 18.5. The summed E-state index contributed by atoms with van der Waals surface area (Å²) in [5, 5.41) is 13.9. The van der Waals surface area contributed by atoms with E-state index in [0.29, 0.717) is 5.69 Å². The zero-order valence-electron chi connectivity index (χ0n) is 14.6. The van der Waals surface area contributed by atoms with E-state index in [1.165, 1.54) is 44.6 Å². The van der Waals surface area contributed by atoms with Crippen molar-refractivity contribution in [3.05, 3.63) is 58.1 Å². The molecule has 7 nitrogen and oxygen atoms in total. The normalized spacial score (nSPS) is 14.0. The van der Waals surface area contributed by atoms with E-state index in [1.807, 2.05) is 24.3 Å². The summed E-state index contributed by atoms with van der Waals surface area (Å²) >= 11 is 0. The van der Waals surface area contributed by atoms with Gasteiger partial charge in [0, 0.05) is 36.1 Å². The summed E-state index contributed by atoms with van der Waals surface area (Å²) in [6, 6.07) is 11.8. The molecular formula is C19H21N3O4. The SMILES string of the molecule is COc1ccc(C(=O)Nc2ccc(N3CCCCC3)cc2)cc1[N+](=O)[O-]. The van der Waals surface area contributed by atoms with Crippen molar-refractivity contribution in [1.82, 2.24) is 0 Å². The largest absolute Gasteiger partial charge is 0.490 e. The molecule has 7 heteroatoms. The van der Waals surface area contributed by atoms with Crippen molar-refractivity contribution in [1.29, 1.82) is 0 Å². The Bertz CT molecular complexity index is 799. The van der Waals surface area contributed by atoms with E-state index in [-0.39, 0.29) is 17.0 Å². The van der Waals surface area contributed by atoms with Gasteiger partial charge in [0.25, 0.3) is 5.91 Å². The average molecular weight is 355 g/mol. The molecule has 2 aromatic carbocycles. The number of benzene rings is 2. The van der Waals surface area contributed by atoms with Crippen molar-refractivity contribution in [2.75, 3.05) is 30.4 Å². The van der Waals surface area contributed by atoms with Gasteiger partial charge in [0.1, 0.15) is 0 Å². The second kappa shape index (κ2) is 7.86. The molecule has 0 aromatic heterocycles. The predicted molar refractivity (Wildman–Crippen MR) is 100 cm³/mol. The number of hydrogen-bond donors (Lipinski definition) is 1. The molecule has 1 N–H and O–H groups in total. The van der Waals surface area contributed by atoms with Crippen LogP contribution in [0.3, 0.4) is 0 Å². The molecule has 1 fully saturated rings. The van der Waals surface area contributed by atoms with Gasteiger partial charge in [0.15, 0.2) is 5.75 Å². The first-order valence-electron chi connectivity index (χ1n) is 8.57. The number of anilines is 2. The fraction of sp³-hybridized carbons (Fsp3) is 0.316. The standard InChI is InChI=1S/C19H21N3O4/c1-26-18-10-5-14(13-17(18)22(24)25)19(23)20-15-6-8-16(9-7-15)21-11-3-2-4-12-21/h5-10,13H,2-4,11-12H2,1H3,(H,20,23). The second-order valence-corrected chi connectivity index (χ2v) is 6.19. The van der Waals surface area contributed by atoms with Crippen molar-refractivity contribution in [2.24, 2.45) is 0 Å². The summed E-state index contributed by atoms with van der Waals surface area (Å²) < 4.78 is 4.95. The maximum Gasteiger partial charge on any atom is 0.311 e. The number of rotatable bonds is 5. The first-order chi connectivity index (χ1) is 12.6. The highest BCUT2D eigenvalue weighted by molar-refractivity contribution is 6.04. The van der Waals surface area contributed by atoms with Gasteiger partial charge >= 0.3 is 5.69 Å². The minimum Gasteiger partial charge on any atom is -0.490 e. The summed E-state index contributed by atoms with van der Waals surface area (Å²) in [5.74, 6) is -0.279. The third-order valence-corrected chi connectivity index (χ3v) is 4.48. The average Bonchev–Trinajstić information content (AvgIpc) is 2.68. The fourth-order valence-corrected chi connectivity index (χ4v) is 3.08. The van der Waals surface area contributed by atoms with Gasteiger partial charge in [-0.05, 0) is 55.7 Å². The van der Waals surface area contributed by atoms with Crippen LogP contribution in [0.15, 0.2) is 42.5 Å². The zero-order valence-corrected chi connectivity index (χ0v) is 14.6. The lowest BCUT2D eigenvalue weighted by Gasteiger charge is -2.28. The number of methoxy groups -OCH3 is 1. The van der Waals surface area contributed by atoms with Crippen LogP contribution in [0.2, 0.25) is 0 Å². The van der Waals surface area contributed by atoms with Crippen LogP contribution in [0.4, 0.5) is 17.1 Å². The molecule has 0 spiro atoms. The Hall–Kier alpha value is -3.09. The summed E-state index contributed by atoms with van der Waals surface area (Å²) in [7, 11) is 1.35. The van der Waals surface area contributed by atoms with E-state index in [0.717, 1.165) is 18.8 Å². The lowest BCUT2D eigenvalue weighted by molar-refractivity contribution is -0.385. The number of nitrogens with zero attached hydrogens (tertiary/aromatic N) is 2. The molecule has 1 aliphatic rings. The quantitative estimate of drug-likeness (QED) is 0.650. The molecule has 0 unspecified atom stereocenters. The summed E-state index contributed by atoms with van der Waals surface area (Å²) in [6.45, 7) is 2.11. The van der Waals surface area contributed by atoms with Crippen molar-refractivity contribution >= 4 is 23.0 Å². The number of piperidine rings is 1. The molecule has 1 aliphatic heterocycles. The number of carbonyl (C=O) groups excluding carboxylic acids is 1. The first kappa shape index (κ1) is 17.7. The molecule has 3 rings (SSSR count). The Balaban J connectivity index is 1.71. The van der Waals surface area contributed by atoms with E-state index in [1.54, 1.807) is 0 Å². The Morgan fingerprint density at radius 2 is 1.81 bits per heavy atom. The molecule has 1 saturated heterocycles.